The monoisotopic (exact) mass is 382 g/mol. The summed E-state index contributed by atoms with van der Waals surface area (Å²) in [6, 6.07) is 1.55. The van der Waals surface area contributed by atoms with Gasteiger partial charge in [-0.3, -0.25) is 4.79 Å². The van der Waals surface area contributed by atoms with Crippen molar-refractivity contribution in [1.29, 1.82) is 0 Å². The van der Waals surface area contributed by atoms with Gasteiger partial charge in [0, 0.05) is 31.2 Å². The van der Waals surface area contributed by atoms with Gasteiger partial charge in [0.2, 0.25) is 5.43 Å². The number of carboxylic acid groups (broad SMARTS) is 1. The van der Waals surface area contributed by atoms with Gasteiger partial charge in [0.05, 0.1) is 21.2 Å². The molecule has 1 N–H and O–H groups in total. The number of nitrogens with zero attached hydrogens (tertiary/aromatic N) is 2. The summed E-state index contributed by atoms with van der Waals surface area (Å²) in [6.07, 6.45) is 3.47. The molecule has 0 saturated carbocycles. The maximum atomic E-state index is 12.5. The number of aromatic nitrogens is 1. The molecular formula is C18H20Cl2N2O3. The van der Waals surface area contributed by atoms with E-state index in [9.17, 15) is 14.7 Å². The van der Waals surface area contributed by atoms with E-state index in [1.807, 2.05) is 6.92 Å². The highest BCUT2D eigenvalue weighted by Gasteiger charge is 2.25. The molecule has 3 rings (SSSR count). The van der Waals surface area contributed by atoms with E-state index in [0.29, 0.717) is 28.0 Å². The lowest BCUT2D eigenvalue weighted by Crippen LogP contribution is -2.33. The van der Waals surface area contributed by atoms with Crippen LogP contribution in [-0.2, 0) is 6.54 Å². The van der Waals surface area contributed by atoms with E-state index in [4.69, 9.17) is 23.2 Å². The van der Waals surface area contributed by atoms with Gasteiger partial charge in [0.25, 0.3) is 0 Å². The fourth-order valence-corrected chi connectivity index (χ4v) is 4.20. The Balaban J connectivity index is 2.28. The van der Waals surface area contributed by atoms with E-state index in [0.717, 1.165) is 31.6 Å². The summed E-state index contributed by atoms with van der Waals surface area (Å²) in [5.41, 5.74) is 0.431. The van der Waals surface area contributed by atoms with Crippen molar-refractivity contribution >= 4 is 45.8 Å². The summed E-state index contributed by atoms with van der Waals surface area (Å²) in [7, 11) is 0. The number of aromatic carboxylic acids is 1. The van der Waals surface area contributed by atoms with Crippen LogP contribution in [0.15, 0.2) is 17.1 Å². The molecule has 0 unspecified atom stereocenters. The summed E-state index contributed by atoms with van der Waals surface area (Å²) >= 11 is 13.1. The zero-order valence-corrected chi connectivity index (χ0v) is 15.7. The van der Waals surface area contributed by atoms with Crippen LogP contribution in [0.1, 0.15) is 37.0 Å². The number of fused-ring (bicyclic) bond motifs is 1. The molecule has 1 aliphatic heterocycles. The Morgan fingerprint density at radius 1 is 1.32 bits per heavy atom. The van der Waals surface area contributed by atoms with Crippen molar-refractivity contribution in [2.24, 2.45) is 5.92 Å². The smallest absolute Gasteiger partial charge is 0.341 e. The second kappa shape index (κ2) is 6.89. The fraction of sp³-hybridized carbons (Fsp3) is 0.444. The standard InChI is InChI=1S/C18H20Cl2N2O3/c1-3-21-9-12(18(24)25)17(23)11-8-13(19)16(14(20)15(11)21)22-6-4-10(2)5-7-22/h8-10H,3-7H2,1-2H3,(H,24,25). The van der Waals surface area contributed by atoms with E-state index in [-0.39, 0.29) is 10.9 Å². The molecule has 2 heterocycles. The Labute approximate surface area is 155 Å². The van der Waals surface area contributed by atoms with Gasteiger partial charge in [-0.05, 0) is 31.7 Å². The molecule has 0 spiro atoms. The zero-order chi connectivity index (χ0) is 18.3. The Bertz CT molecular complexity index is 900. The number of hydrogen-bond acceptors (Lipinski definition) is 3. The van der Waals surface area contributed by atoms with Crippen LogP contribution in [0.25, 0.3) is 10.9 Å². The number of piperidine rings is 1. The molecule has 0 atom stereocenters. The van der Waals surface area contributed by atoms with E-state index in [2.05, 4.69) is 11.8 Å². The molecule has 1 aromatic heterocycles. The van der Waals surface area contributed by atoms with Crippen molar-refractivity contribution in [2.45, 2.75) is 33.2 Å². The van der Waals surface area contributed by atoms with Crippen molar-refractivity contribution in [3.05, 3.63) is 38.1 Å². The number of carboxylic acids is 1. The van der Waals surface area contributed by atoms with E-state index < -0.39 is 11.4 Å². The van der Waals surface area contributed by atoms with Crippen LogP contribution in [0.3, 0.4) is 0 Å². The fourth-order valence-electron chi connectivity index (χ4n) is 3.40. The van der Waals surface area contributed by atoms with Crippen LogP contribution in [0, 0.1) is 5.92 Å². The molecule has 134 valence electrons. The molecule has 1 saturated heterocycles. The minimum absolute atomic E-state index is 0.242. The van der Waals surface area contributed by atoms with Crippen molar-refractivity contribution in [2.75, 3.05) is 18.0 Å². The largest absolute Gasteiger partial charge is 0.477 e. The van der Waals surface area contributed by atoms with Crippen LogP contribution in [0.4, 0.5) is 5.69 Å². The maximum absolute atomic E-state index is 12.5. The number of halogens is 2. The second-order valence-corrected chi connectivity index (χ2v) is 7.33. The van der Waals surface area contributed by atoms with Gasteiger partial charge in [0.1, 0.15) is 5.56 Å². The number of rotatable bonds is 3. The van der Waals surface area contributed by atoms with Crippen molar-refractivity contribution < 1.29 is 9.90 Å². The maximum Gasteiger partial charge on any atom is 0.341 e. The molecular weight excluding hydrogens is 363 g/mol. The lowest BCUT2D eigenvalue weighted by molar-refractivity contribution is 0.0695. The minimum Gasteiger partial charge on any atom is -0.477 e. The van der Waals surface area contributed by atoms with Gasteiger partial charge in [-0.2, -0.15) is 0 Å². The number of pyridine rings is 1. The third kappa shape index (κ3) is 3.11. The van der Waals surface area contributed by atoms with Crippen LogP contribution < -0.4 is 10.3 Å². The first-order valence-corrected chi connectivity index (χ1v) is 9.14. The van der Waals surface area contributed by atoms with Gasteiger partial charge in [-0.1, -0.05) is 30.1 Å². The summed E-state index contributed by atoms with van der Waals surface area (Å²) in [4.78, 5) is 26.1. The molecule has 2 aromatic rings. The molecule has 5 nitrogen and oxygen atoms in total. The SMILES string of the molecule is CCn1cc(C(=O)O)c(=O)c2cc(Cl)c(N3CCC(C)CC3)c(Cl)c21. The van der Waals surface area contributed by atoms with Crippen LogP contribution in [0.5, 0.6) is 0 Å². The highest BCUT2D eigenvalue weighted by molar-refractivity contribution is 6.42. The molecule has 25 heavy (non-hydrogen) atoms. The topological polar surface area (TPSA) is 62.5 Å². The average Bonchev–Trinajstić information content (AvgIpc) is 2.57. The Hall–Kier alpha value is -1.72. The number of aryl methyl sites for hydroxylation is 1. The number of anilines is 1. The van der Waals surface area contributed by atoms with Gasteiger partial charge < -0.3 is 14.6 Å². The number of carbonyl (C=O) groups is 1. The van der Waals surface area contributed by atoms with Crippen LogP contribution in [0.2, 0.25) is 10.0 Å². The summed E-state index contributed by atoms with van der Waals surface area (Å²) in [5.74, 6) is -0.586. The van der Waals surface area contributed by atoms with Crippen LogP contribution in [-0.4, -0.2) is 28.7 Å². The van der Waals surface area contributed by atoms with Crippen molar-refractivity contribution in [3.8, 4) is 0 Å². The first-order chi connectivity index (χ1) is 11.8. The molecule has 0 radical (unpaired) electrons. The first kappa shape index (κ1) is 18.1. The lowest BCUT2D eigenvalue weighted by atomic mass is 9.98. The third-order valence-electron chi connectivity index (χ3n) is 4.90. The molecule has 0 amide bonds. The summed E-state index contributed by atoms with van der Waals surface area (Å²) in [5, 5.41) is 10.3. The summed E-state index contributed by atoms with van der Waals surface area (Å²) in [6.45, 7) is 6.31. The Morgan fingerprint density at radius 3 is 2.52 bits per heavy atom. The highest BCUT2D eigenvalue weighted by atomic mass is 35.5. The summed E-state index contributed by atoms with van der Waals surface area (Å²) < 4.78 is 1.70. The molecule has 1 aromatic carbocycles. The lowest BCUT2D eigenvalue weighted by Gasteiger charge is -2.33. The van der Waals surface area contributed by atoms with Gasteiger partial charge >= 0.3 is 5.97 Å². The van der Waals surface area contributed by atoms with Crippen molar-refractivity contribution in [1.82, 2.24) is 4.57 Å². The van der Waals surface area contributed by atoms with E-state index >= 15 is 0 Å². The quantitative estimate of drug-likeness (QED) is 0.860. The number of benzene rings is 1. The van der Waals surface area contributed by atoms with Crippen molar-refractivity contribution in [3.63, 3.8) is 0 Å². The van der Waals surface area contributed by atoms with Gasteiger partial charge in [-0.15, -0.1) is 0 Å². The van der Waals surface area contributed by atoms with E-state index in [1.165, 1.54) is 6.20 Å². The molecule has 0 bridgehead atoms. The predicted molar refractivity (Wildman–Crippen MR) is 101 cm³/mol. The second-order valence-electron chi connectivity index (χ2n) is 6.55. The molecule has 1 fully saturated rings. The molecule has 7 heteroatoms. The molecule has 0 aliphatic carbocycles. The predicted octanol–water partition coefficient (Wildman–Crippen LogP) is 4.26. The minimum atomic E-state index is -1.25. The van der Waals surface area contributed by atoms with E-state index in [1.54, 1.807) is 10.6 Å². The zero-order valence-electron chi connectivity index (χ0n) is 14.2. The average molecular weight is 383 g/mol. The van der Waals surface area contributed by atoms with Gasteiger partial charge in [-0.25, -0.2) is 4.79 Å². The number of hydrogen-bond donors (Lipinski definition) is 1. The Morgan fingerprint density at radius 2 is 1.96 bits per heavy atom. The third-order valence-corrected chi connectivity index (χ3v) is 5.55. The normalized spacial score (nSPS) is 15.8. The Kier molecular flexibility index (Phi) is 4.98. The first-order valence-electron chi connectivity index (χ1n) is 8.38. The highest BCUT2D eigenvalue weighted by Crippen LogP contribution is 2.40. The van der Waals surface area contributed by atoms with Gasteiger partial charge in [0.15, 0.2) is 0 Å². The van der Waals surface area contributed by atoms with Crippen LogP contribution >= 0.6 is 23.2 Å². The molecule has 1 aliphatic rings.